The minimum atomic E-state index is -3.10. The number of sulfonamides is 1. The van der Waals surface area contributed by atoms with E-state index in [1.807, 2.05) is 0 Å². The van der Waals surface area contributed by atoms with E-state index in [0.29, 0.717) is 25.4 Å². The molecule has 0 spiro atoms. The van der Waals surface area contributed by atoms with Gasteiger partial charge in [-0.1, -0.05) is 0 Å². The van der Waals surface area contributed by atoms with Crippen molar-refractivity contribution in [3.8, 4) is 0 Å². The first-order chi connectivity index (χ1) is 9.92. The molecule has 0 unspecified atom stereocenters. The molecule has 1 saturated heterocycles. The minimum Gasteiger partial charge on any atom is -0.478 e. The van der Waals surface area contributed by atoms with Crippen molar-refractivity contribution in [1.29, 1.82) is 0 Å². The van der Waals surface area contributed by atoms with Crippen molar-refractivity contribution in [2.75, 3.05) is 18.8 Å². The summed E-state index contributed by atoms with van der Waals surface area (Å²) in [6.07, 6.45) is 2.70. The highest BCUT2D eigenvalue weighted by molar-refractivity contribution is 7.89. The molecule has 2 heterocycles. The molecular weight excluding hydrogens is 296 g/mol. The van der Waals surface area contributed by atoms with E-state index >= 15 is 0 Å². The number of rotatable bonds is 6. The molecule has 1 aliphatic rings. The number of hydrogen-bond acceptors (Lipinski definition) is 5. The molecule has 21 heavy (non-hydrogen) atoms. The molecule has 8 heteroatoms. The summed E-state index contributed by atoms with van der Waals surface area (Å²) in [6.45, 7) is 3.13. The molecule has 0 aromatic carbocycles. The van der Waals surface area contributed by atoms with Crippen LogP contribution in [0.25, 0.3) is 0 Å². The number of aromatic carboxylic acids is 1. The highest BCUT2D eigenvalue weighted by Gasteiger charge is 2.26. The predicted octanol–water partition coefficient (Wildman–Crippen LogP) is 0.881. The molecule has 0 amide bonds. The molecule has 1 aliphatic heterocycles. The summed E-state index contributed by atoms with van der Waals surface area (Å²) in [6, 6.07) is 1.71. The second kappa shape index (κ2) is 6.59. The van der Waals surface area contributed by atoms with E-state index in [1.165, 1.54) is 16.6 Å². The van der Waals surface area contributed by atoms with Crippen LogP contribution in [0, 0.1) is 0 Å². The first-order valence-corrected chi connectivity index (χ1v) is 8.55. The van der Waals surface area contributed by atoms with Gasteiger partial charge < -0.3 is 14.8 Å². The number of furan rings is 1. The van der Waals surface area contributed by atoms with Gasteiger partial charge in [-0.05, 0) is 25.8 Å². The highest BCUT2D eigenvalue weighted by atomic mass is 32.2. The topological polar surface area (TPSA) is 99.9 Å². The van der Waals surface area contributed by atoms with E-state index in [2.05, 4.69) is 5.32 Å². The van der Waals surface area contributed by atoms with Crippen LogP contribution < -0.4 is 5.32 Å². The van der Waals surface area contributed by atoms with Gasteiger partial charge in [0.05, 0.1) is 17.9 Å². The normalized spacial score (nSPS) is 18.0. The molecule has 1 aromatic heterocycles. The van der Waals surface area contributed by atoms with E-state index in [4.69, 9.17) is 9.52 Å². The van der Waals surface area contributed by atoms with Crippen molar-refractivity contribution >= 4 is 16.0 Å². The molecule has 7 nitrogen and oxygen atoms in total. The molecule has 2 rings (SSSR count). The van der Waals surface area contributed by atoms with Crippen LogP contribution in [0.5, 0.6) is 0 Å². The van der Waals surface area contributed by atoms with E-state index in [1.54, 1.807) is 6.92 Å². The first-order valence-electron chi connectivity index (χ1n) is 6.94. The quantitative estimate of drug-likeness (QED) is 0.808. The fraction of sp³-hybridized carbons (Fsp3) is 0.615. The third-order valence-electron chi connectivity index (χ3n) is 3.68. The summed E-state index contributed by atoms with van der Waals surface area (Å²) >= 11 is 0. The zero-order valence-electron chi connectivity index (χ0n) is 11.9. The smallest absolute Gasteiger partial charge is 0.338 e. The monoisotopic (exact) mass is 316 g/mol. The average Bonchev–Trinajstić information content (AvgIpc) is 2.95. The summed E-state index contributed by atoms with van der Waals surface area (Å²) in [7, 11) is -3.10. The summed E-state index contributed by atoms with van der Waals surface area (Å²) < 4.78 is 30.2. The molecular formula is C13H20N2O5S. The second-order valence-electron chi connectivity index (χ2n) is 5.06. The van der Waals surface area contributed by atoms with Crippen LogP contribution in [-0.2, 0) is 16.6 Å². The van der Waals surface area contributed by atoms with Crippen molar-refractivity contribution in [3.05, 3.63) is 23.7 Å². The third kappa shape index (κ3) is 4.05. The Labute approximate surface area is 124 Å². The van der Waals surface area contributed by atoms with E-state index in [-0.39, 0.29) is 17.4 Å². The van der Waals surface area contributed by atoms with Crippen LogP contribution in [-0.4, -0.2) is 48.7 Å². The van der Waals surface area contributed by atoms with Gasteiger partial charge in [0.25, 0.3) is 0 Å². The Balaban J connectivity index is 1.80. The maximum Gasteiger partial charge on any atom is 0.338 e. The van der Waals surface area contributed by atoms with Gasteiger partial charge in [-0.25, -0.2) is 17.5 Å². The number of hydrogen-bond donors (Lipinski definition) is 2. The van der Waals surface area contributed by atoms with Gasteiger partial charge in [-0.15, -0.1) is 0 Å². The zero-order chi connectivity index (χ0) is 15.5. The zero-order valence-corrected chi connectivity index (χ0v) is 12.7. The number of nitrogens with one attached hydrogen (secondary N) is 1. The molecule has 0 bridgehead atoms. The lowest BCUT2D eigenvalue weighted by atomic mass is 10.1. The van der Waals surface area contributed by atoms with Crippen LogP contribution >= 0.6 is 0 Å². The molecule has 0 aliphatic carbocycles. The van der Waals surface area contributed by atoms with Crippen molar-refractivity contribution < 1.29 is 22.7 Å². The Morgan fingerprint density at radius 3 is 2.67 bits per heavy atom. The van der Waals surface area contributed by atoms with Crippen molar-refractivity contribution in [1.82, 2.24) is 9.62 Å². The van der Waals surface area contributed by atoms with Crippen LogP contribution in [0.3, 0.4) is 0 Å². The second-order valence-corrected chi connectivity index (χ2v) is 7.32. The predicted molar refractivity (Wildman–Crippen MR) is 76.6 cm³/mol. The number of carboxylic acid groups (broad SMARTS) is 1. The van der Waals surface area contributed by atoms with Gasteiger partial charge in [0.15, 0.2) is 0 Å². The summed E-state index contributed by atoms with van der Waals surface area (Å²) in [4.78, 5) is 10.7. The van der Waals surface area contributed by atoms with Gasteiger partial charge >= 0.3 is 5.97 Å². The van der Waals surface area contributed by atoms with Crippen LogP contribution in [0.1, 0.15) is 35.9 Å². The fourth-order valence-corrected chi connectivity index (χ4v) is 3.48. The summed E-state index contributed by atoms with van der Waals surface area (Å²) in [5, 5.41) is 12.1. The van der Waals surface area contributed by atoms with Gasteiger partial charge in [0.2, 0.25) is 10.0 Å². The number of carboxylic acids is 1. The van der Waals surface area contributed by atoms with Gasteiger partial charge in [-0.3, -0.25) is 0 Å². The third-order valence-corrected chi connectivity index (χ3v) is 5.56. The van der Waals surface area contributed by atoms with Crippen LogP contribution in [0.15, 0.2) is 16.7 Å². The lowest BCUT2D eigenvalue weighted by molar-refractivity contribution is 0.0696. The largest absolute Gasteiger partial charge is 0.478 e. The summed E-state index contributed by atoms with van der Waals surface area (Å²) in [5.74, 6) is -0.311. The average molecular weight is 316 g/mol. The maximum absolute atomic E-state index is 11.7. The molecule has 2 N–H and O–H groups in total. The lowest BCUT2D eigenvalue weighted by Crippen LogP contribution is -2.45. The first kappa shape index (κ1) is 16.0. The van der Waals surface area contributed by atoms with E-state index in [9.17, 15) is 13.2 Å². The van der Waals surface area contributed by atoms with Gasteiger partial charge in [0, 0.05) is 19.1 Å². The Kier molecular flexibility index (Phi) is 5.02. The van der Waals surface area contributed by atoms with Gasteiger partial charge in [0.1, 0.15) is 12.0 Å². The minimum absolute atomic E-state index is 0.134. The Hall–Kier alpha value is -1.38. The Bertz CT molecular complexity index is 587. The van der Waals surface area contributed by atoms with E-state index in [0.717, 1.165) is 12.8 Å². The number of carbonyl (C=O) groups is 1. The Morgan fingerprint density at radius 2 is 2.14 bits per heavy atom. The highest BCUT2D eigenvalue weighted by Crippen LogP contribution is 2.15. The van der Waals surface area contributed by atoms with Gasteiger partial charge in [-0.2, -0.15) is 0 Å². The number of nitrogens with zero attached hydrogens (tertiary/aromatic N) is 1. The SMILES string of the molecule is CCS(=O)(=O)N1CCC(NCc2cc(C(=O)O)co2)CC1. The lowest BCUT2D eigenvalue weighted by Gasteiger charge is -2.31. The van der Waals surface area contributed by atoms with Crippen molar-refractivity contribution in [2.24, 2.45) is 0 Å². The molecule has 0 atom stereocenters. The van der Waals surface area contributed by atoms with Crippen molar-refractivity contribution in [2.45, 2.75) is 32.4 Å². The van der Waals surface area contributed by atoms with Crippen molar-refractivity contribution in [3.63, 3.8) is 0 Å². The van der Waals surface area contributed by atoms with Crippen LogP contribution in [0.4, 0.5) is 0 Å². The molecule has 0 saturated carbocycles. The van der Waals surface area contributed by atoms with Crippen LogP contribution in [0.2, 0.25) is 0 Å². The standard InChI is InChI=1S/C13H20N2O5S/c1-2-21(18,19)15-5-3-11(4-6-15)14-8-12-7-10(9-20-12)13(16)17/h7,9,11,14H,2-6,8H2,1H3,(H,16,17). The molecule has 1 aromatic rings. The van der Waals surface area contributed by atoms with E-state index < -0.39 is 16.0 Å². The summed E-state index contributed by atoms with van der Waals surface area (Å²) in [5.41, 5.74) is 0.135. The molecule has 0 radical (unpaired) electrons. The molecule has 118 valence electrons. The fourth-order valence-electron chi connectivity index (χ4n) is 2.35. The molecule has 1 fully saturated rings. The maximum atomic E-state index is 11.7. The Morgan fingerprint density at radius 1 is 1.48 bits per heavy atom. The number of piperidine rings is 1.